The summed E-state index contributed by atoms with van der Waals surface area (Å²) in [4.78, 5) is 45.2. The summed E-state index contributed by atoms with van der Waals surface area (Å²) < 4.78 is 31.3. The highest BCUT2D eigenvalue weighted by Gasteiger charge is 2.06. The maximum atomic E-state index is 11.7. The van der Waals surface area contributed by atoms with Crippen molar-refractivity contribution in [3.05, 3.63) is 0 Å². The number of hydrogen-bond acceptors (Lipinski definition) is 9. The van der Waals surface area contributed by atoms with Crippen molar-refractivity contribution in [1.82, 2.24) is 0 Å². The lowest BCUT2D eigenvalue weighted by Crippen LogP contribution is -2.08. The molecule has 0 aromatic rings. The predicted molar refractivity (Wildman–Crippen MR) is 134 cm³/mol. The quantitative estimate of drug-likeness (QED) is 0.0527. The van der Waals surface area contributed by atoms with Crippen molar-refractivity contribution in [3.8, 4) is 0 Å². The van der Waals surface area contributed by atoms with Crippen molar-refractivity contribution in [1.29, 1.82) is 0 Å². The first-order valence-corrected chi connectivity index (χ1v) is 14.8. The van der Waals surface area contributed by atoms with Gasteiger partial charge in [0.15, 0.2) is 8.03 Å². The fourth-order valence-corrected chi connectivity index (χ4v) is 3.57. The number of rotatable bonds is 25. The summed E-state index contributed by atoms with van der Waals surface area (Å²) in [5.74, 6) is -0.650. The minimum Gasteiger partial charge on any atom is -0.466 e. The molecule has 0 aliphatic rings. The molecule has 10 heteroatoms. The molecular weight excluding hydrogens is 475 g/mol. The summed E-state index contributed by atoms with van der Waals surface area (Å²) in [6.07, 6.45) is 11.8. The fraction of sp³-hybridized carbons (Fsp3) is 0.840. The van der Waals surface area contributed by atoms with Gasteiger partial charge >= 0.3 is 17.9 Å². The van der Waals surface area contributed by atoms with Gasteiger partial charge in [0.25, 0.3) is 0 Å². The Balaban J connectivity index is 3.38. The van der Waals surface area contributed by atoms with Gasteiger partial charge in [-0.05, 0) is 70.6 Å². The third-order valence-corrected chi connectivity index (χ3v) is 5.75. The molecule has 0 aromatic heterocycles. The number of ether oxygens (including phenoxy) is 3. The van der Waals surface area contributed by atoms with Gasteiger partial charge < -0.3 is 23.5 Å². The molecule has 1 atom stereocenters. The van der Waals surface area contributed by atoms with E-state index in [0.717, 1.165) is 57.7 Å². The van der Waals surface area contributed by atoms with Gasteiger partial charge in [0.05, 0.1) is 26.4 Å². The van der Waals surface area contributed by atoms with Gasteiger partial charge in [-0.2, -0.15) is 0 Å². The maximum Gasteiger partial charge on any atom is 0.305 e. The Hall–Kier alpha value is -1.73. The van der Waals surface area contributed by atoms with E-state index in [4.69, 9.17) is 18.7 Å². The van der Waals surface area contributed by atoms with Crippen LogP contribution in [0.3, 0.4) is 0 Å². The van der Waals surface area contributed by atoms with Crippen LogP contribution in [0.4, 0.5) is 0 Å². The highest BCUT2D eigenvalue weighted by atomic mass is 31.1. The molecule has 0 saturated heterocycles. The van der Waals surface area contributed by atoms with E-state index in [0.29, 0.717) is 77.8 Å². The normalized spacial score (nSPS) is 11.6. The standard InChI is InChI=1S/C25H45O9P/c1-35(30)34-22-14-6-9-17-25(29)33-21-13-5-8-16-24(28)32-20-12-4-7-15-23(27)31-19-11-3-2-10-18-26/h18,35H,2-17,19-22H2,1H3. The van der Waals surface area contributed by atoms with E-state index in [1.165, 1.54) is 0 Å². The van der Waals surface area contributed by atoms with Crippen LogP contribution in [0.25, 0.3) is 0 Å². The first-order valence-electron chi connectivity index (χ1n) is 13.0. The summed E-state index contributed by atoms with van der Waals surface area (Å²) in [6.45, 7) is 3.14. The van der Waals surface area contributed by atoms with E-state index < -0.39 is 8.03 Å². The number of unbranched alkanes of at least 4 members (excludes halogenated alkanes) is 9. The van der Waals surface area contributed by atoms with Crippen LogP contribution in [-0.4, -0.2) is 57.3 Å². The summed E-state index contributed by atoms with van der Waals surface area (Å²) >= 11 is 0. The van der Waals surface area contributed by atoms with Crippen molar-refractivity contribution in [2.75, 3.05) is 33.1 Å². The van der Waals surface area contributed by atoms with Gasteiger partial charge in [-0.15, -0.1) is 0 Å². The number of aldehydes is 1. The molecule has 35 heavy (non-hydrogen) atoms. The second-order valence-corrected chi connectivity index (χ2v) is 9.72. The van der Waals surface area contributed by atoms with E-state index in [-0.39, 0.29) is 17.9 Å². The Bertz CT molecular complexity index is 595. The monoisotopic (exact) mass is 520 g/mol. The third-order valence-electron chi connectivity index (χ3n) is 5.14. The van der Waals surface area contributed by atoms with E-state index >= 15 is 0 Å². The van der Waals surface area contributed by atoms with Crippen molar-refractivity contribution in [2.45, 2.75) is 103 Å². The summed E-state index contributed by atoms with van der Waals surface area (Å²) in [5, 5.41) is 0. The molecule has 0 fully saturated rings. The number of carbonyl (C=O) groups is 4. The minimum atomic E-state index is -1.87. The van der Waals surface area contributed by atoms with Crippen molar-refractivity contribution < 1.29 is 42.5 Å². The molecule has 0 amide bonds. The van der Waals surface area contributed by atoms with Crippen LogP contribution in [0.1, 0.15) is 103 Å². The smallest absolute Gasteiger partial charge is 0.305 e. The van der Waals surface area contributed by atoms with Crippen LogP contribution >= 0.6 is 8.03 Å². The van der Waals surface area contributed by atoms with Crippen molar-refractivity contribution >= 4 is 32.2 Å². The maximum absolute atomic E-state index is 11.7. The second-order valence-electron chi connectivity index (χ2n) is 8.45. The highest BCUT2D eigenvalue weighted by molar-refractivity contribution is 7.38. The molecule has 0 aliphatic carbocycles. The van der Waals surface area contributed by atoms with Gasteiger partial charge in [0.2, 0.25) is 0 Å². The number of esters is 3. The zero-order chi connectivity index (χ0) is 26.0. The molecule has 0 heterocycles. The molecule has 1 unspecified atom stereocenters. The molecule has 204 valence electrons. The zero-order valence-electron chi connectivity index (χ0n) is 21.4. The molecule has 0 bridgehead atoms. The van der Waals surface area contributed by atoms with E-state index in [1.54, 1.807) is 6.66 Å². The Morgan fingerprint density at radius 1 is 0.571 bits per heavy atom. The van der Waals surface area contributed by atoms with Crippen LogP contribution in [-0.2, 0) is 42.5 Å². The molecule has 0 radical (unpaired) electrons. The Kier molecular flexibility index (Phi) is 24.1. The van der Waals surface area contributed by atoms with Crippen molar-refractivity contribution in [3.63, 3.8) is 0 Å². The highest BCUT2D eigenvalue weighted by Crippen LogP contribution is 2.16. The zero-order valence-corrected chi connectivity index (χ0v) is 22.4. The van der Waals surface area contributed by atoms with Crippen LogP contribution in [0.5, 0.6) is 0 Å². The van der Waals surface area contributed by atoms with Gasteiger partial charge in [-0.3, -0.25) is 18.9 Å². The molecule has 0 N–H and O–H groups in total. The minimum absolute atomic E-state index is 0.207. The van der Waals surface area contributed by atoms with Crippen LogP contribution in [0.2, 0.25) is 0 Å². The SMILES string of the molecule is C[PH](=O)OCCCCCC(=O)OCCCCCC(=O)OCCCCCC(=O)OCCCCCC=O. The van der Waals surface area contributed by atoms with Gasteiger partial charge in [0.1, 0.15) is 6.29 Å². The molecule has 0 aliphatic heterocycles. The van der Waals surface area contributed by atoms with Gasteiger partial charge in [-0.25, -0.2) is 0 Å². The second kappa shape index (κ2) is 25.4. The first-order chi connectivity index (χ1) is 17.0. The molecule has 0 rings (SSSR count). The molecular formula is C25H45O9P. The molecule has 0 saturated carbocycles. The van der Waals surface area contributed by atoms with Gasteiger partial charge in [-0.1, -0.05) is 6.42 Å². The van der Waals surface area contributed by atoms with E-state index in [1.807, 2.05) is 0 Å². The van der Waals surface area contributed by atoms with Crippen LogP contribution in [0, 0.1) is 0 Å². The average molecular weight is 521 g/mol. The predicted octanol–water partition coefficient (Wildman–Crippen LogP) is 5.18. The summed E-state index contributed by atoms with van der Waals surface area (Å²) in [6, 6.07) is 0. The molecule has 9 nitrogen and oxygen atoms in total. The van der Waals surface area contributed by atoms with Gasteiger partial charge in [0, 0.05) is 32.3 Å². The number of carbonyl (C=O) groups excluding carboxylic acids is 4. The largest absolute Gasteiger partial charge is 0.466 e. The average Bonchev–Trinajstić information content (AvgIpc) is 2.82. The first kappa shape index (κ1) is 33.3. The molecule has 0 aromatic carbocycles. The topological polar surface area (TPSA) is 122 Å². The van der Waals surface area contributed by atoms with E-state index in [9.17, 15) is 23.7 Å². The van der Waals surface area contributed by atoms with Crippen LogP contribution < -0.4 is 0 Å². The fourth-order valence-electron chi connectivity index (χ4n) is 3.14. The lowest BCUT2D eigenvalue weighted by molar-refractivity contribution is -0.145. The van der Waals surface area contributed by atoms with Crippen LogP contribution in [0.15, 0.2) is 0 Å². The summed E-state index contributed by atoms with van der Waals surface area (Å²) in [7, 11) is -1.87. The Morgan fingerprint density at radius 2 is 0.943 bits per heavy atom. The Morgan fingerprint density at radius 3 is 1.31 bits per heavy atom. The van der Waals surface area contributed by atoms with Crippen molar-refractivity contribution in [2.24, 2.45) is 0 Å². The number of hydrogen-bond donors (Lipinski definition) is 0. The van der Waals surface area contributed by atoms with E-state index in [2.05, 4.69) is 0 Å². The third kappa shape index (κ3) is 26.7. The summed E-state index contributed by atoms with van der Waals surface area (Å²) in [5.41, 5.74) is 0. The lowest BCUT2D eigenvalue weighted by atomic mass is 10.2. The Labute approximate surface area is 210 Å². The molecule has 0 spiro atoms. The lowest BCUT2D eigenvalue weighted by Gasteiger charge is -2.07.